The van der Waals surface area contributed by atoms with Gasteiger partial charge >= 0.3 is 11.9 Å². The molecule has 0 aromatic heterocycles. The Bertz CT molecular complexity index is 975. The molecule has 0 aliphatic heterocycles. The summed E-state index contributed by atoms with van der Waals surface area (Å²) in [5, 5.41) is 8.98. The lowest BCUT2D eigenvalue weighted by Crippen LogP contribution is -2.21. The van der Waals surface area contributed by atoms with Crippen molar-refractivity contribution in [3.63, 3.8) is 0 Å². The lowest BCUT2D eigenvalue weighted by Gasteiger charge is -2.14. The minimum atomic E-state index is -2.36. The Hall–Kier alpha value is -2.63. The Kier molecular flexibility index (Phi) is 6.08. The molecule has 2 aromatic carbocycles. The number of benzene rings is 2. The first-order chi connectivity index (χ1) is 12.6. The highest BCUT2D eigenvalue weighted by atomic mass is 127. The number of esters is 1. The number of carbonyl (C=O) groups is 2. The van der Waals surface area contributed by atoms with Gasteiger partial charge in [-0.05, 0) is 40.3 Å². The summed E-state index contributed by atoms with van der Waals surface area (Å²) < 4.78 is 64.8. The first-order valence-electron chi connectivity index (χ1n) is 6.95. The molecule has 0 unspecified atom stereocenters. The molecule has 0 aliphatic carbocycles. The maximum atomic E-state index is 14.0. The molecule has 0 saturated heterocycles. The van der Waals surface area contributed by atoms with Crippen molar-refractivity contribution in [2.24, 2.45) is 0 Å². The van der Waals surface area contributed by atoms with Crippen LogP contribution in [0.1, 0.15) is 26.3 Å². The highest BCUT2D eigenvalue weighted by molar-refractivity contribution is 14.1. The van der Waals surface area contributed by atoms with Crippen molar-refractivity contribution in [2.75, 3.05) is 7.11 Å². The second kappa shape index (κ2) is 7.94. The molecule has 0 saturated carbocycles. The summed E-state index contributed by atoms with van der Waals surface area (Å²) in [6.07, 6.45) is 1.46. The summed E-state index contributed by atoms with van der Waals surface area (Å²) in [4.78, 5) is 23.4. The summed E-state index contributed by atoms with van der Waals surface area (Å²) in [7, 11) is 1.23. The van der Waals surface area contributed by atoms with Gasteiger partial charge in [0.1, 0.15) is 11.1 Å². The van der Waals surface area contributed by atoms with Crippen LogP contribution in [0.2, 0.25) is 0 Å². The average molecular weight is 496 g/mol. The van der Waals surface area contributed by atoms with Crippen molar-refractivity contribution in [1.29, 1.82) is 0 Å². The van der Waals surface area contributed by atoms with Crippen molar-refractivity contribution in [3.05, 3.63) is 62.2 Å². The van der Waals surface area contributed by atoms with Crippen LogP contribution in [-0.4, -0.2) is 24.2 Å². The molecule has 5 nitrogen and oxygen atoms in total. The van der Waals surface area contributed by atoms with E-state index in [2.05, 4.69) is 6.58 Å². The van der Waals surface area contributed by atoms with Crippen molar-refractivity contribution in [2.45, 2.75) is 0 Å². The summed E-state index contributed by atoms with van der Waals surface area (Å²) in [6.45, 7) is 3.56. The number of methoxy groups -OCH3 is 1. The van der Waals surface area contributed by atoms with E-state index in [0.717, 1.165) is 0 Å². The molecule has 0 fully saturated rings. The van der Waals surface area contributed by atoms with Gasteiger partial charge < -0.3 is 14.6 Å². The van der Waals surface area contributed by atoms with Gasteiger partial charge in [-0.15, -0.1) is 0 Å². The maximum Gasteiger partial charge on any atom is 0.347 e. The van der Waals surface area contributed by atoms with Crippen LogP contribution < -0.4 is 9.47 Å². The van der Waals surface area contributed by atoms with E-state index in [4.69, 9.17) is 14.6 Å². The summed E-state index contributed by atoms with van der Waals surface area (Å²) in [5.74, 6) is -13.3. The van der Waals surface area contributed by atoms with E-state index in [1.165, 1.54) is 25.3 Å². The number of hydrogen-bond donors (Lipinski definition) is 1. The average Bonchev–Trinajstić information content (AvgIpc) is 2.63. The summed E-state index contributed by atoms with van der Waals surface area (Å²) >= 11 is 1.74. The largest absolute Gasteiger partial charge is 0.493 e. The number of hydrogen-bond acceptors (Lipinski definition) is 4. The third-order valence-electron chi connectivity index (χ3n) is 3.37. The van der Waals surface area contributed by atoms with Crippen LogP contribution in [0.5, 0.6) is 11.5 Å². The molecule has 0 bridgehead atoms. The molecular weight excluding hydrogens is 487 g/mol. The molecule has 1 N–H and O–H groups in total. The van der Waals surface area contributed by atoms with Crippen LogP contribution in [0, 0.1) is 26.8 Å². The van der Waals surface area contributed by atoms with E-state index in [0.29, 0.717) is 5.56 Å². The van der Waals surface area contributed by atoms with Crippen LogP contribution >= 0.6 is 22.6 Å². The zero-order valence-electron chi connectivity index (χ0n) is 13.4. The van der Waals surface area contributed by atoms with Crippen molar-refractivity contribution in [1.82, 2.24) is 0 Å². The third kappa shape index (κ3) is 3.75. The van der Waals surface area contributed by atoms with E-state index in [1.807, 2.05) is 0 Å². The lowest BCUT2D eigenvalue weighted by atomic mass is 10.1. The maximum absolute atomic E-state index is 14.0. The fraction of sp³-hybridized carbons (Fsp3) is 0.0588. The van der Waals surface area contributed by atoms with Crippen molar-refractivity contribution in [3.8, 4) is 11.5 Å². The molecule has 0 atom stereocenters. The topological polar surface area (TPSA) is 72.8 Å². The molecule has 10 heteroatoms. The molecule has 0 amide bonds. The van der Waals surface area contributed by atoms with E-state index < -0.39 is 46.3 Å². The van der Waals surface area contributed by atoms with Gasteiger partial charge in [-0.1, -0.05) is 12.7 Å². The predicted octanol–water partition coefficient (Wildman–Crippen LogP) is 4.42. The fourth-order valence-corrected chi connectivity index (χ4v) is 2.86. The standard InChI is InChI=1S/C17H9F4IO5/c1-3-6-4-7(22)15(8(5-6)26-2)27-17(25)10-9(16(23)24)11(18)13(20)14(21)12(10)19/h3-5H,1H2,2H3,(H,23,24). The smallest absolute Gasteiger partial charge is 0.347 e. The SMILES string of the molecule is C=Cc1cc(I)c(OC(=O)c2c(F)c(F)c(F)c(F)c2C(=O)O)c(OC)c1. The molecular formula is C17H9F4IO5. The van der Waals surface area contributed by atoms with Crippen LogP contribution in [0.25, 0.3) is 6.08 Å². The molecule has 142 valence electrons. The van der Waals surface area contributed by atoms with E-state index >= 15 is 0 Å². The first-order valence-corrected chi connectivity index (χ1v) is 8.03. The highest BCUT2D eigenvalue weighted by Gasteiger charge is 2.34. The second-order valence-corrected chi connectivity index (χ2v) is 6.10. The normalized spacial score (nSPS) is 10.4. The quantitative estimate of drug-likeness (QED) is 0.166. The lowest BCUT2D eigenvalue weighted by molar-refractivity contribution is 0.0654. The molecule has 0 heterocycles. The van der Waals surface area contributed by atoms with Gasteiger partial charge in [-0.2, -0.15) is 0 Å². The van der Waals surface area contributed by atoms with E-state index in [-0.39, 0.29) is 15.1 Å². The number of carbonyl (C=O) groups excluding carboxylic acids is 1. The van der Waals surface area contributed by atoms with Gasteiger partial charge in [-0.25, -0.2) is 27.2 Å². The Balaban J connectivity index is 2.64. The number of aromatic carboxylic acids is 1. The van der Waals surface area contributed by atoms with E-state index in [1.54, 1.807) is 22.6 Å². The highest BCUT2D eigenvalue weighted by Crippen LogP contribution is 2.35. The molecule has 2 rings (SSSR count). The minimum absolute atomic E-state index is 0.00881. The van der Waals surface area contributed by atoms with Gasteiger partial charge in [0.2, 0.25) is 0 Å². The van der Waals surface area contributed by atoms with Crippen LogP contribution in [-0.2, 0) is 0 Å². The van der Waals surface area contributed by atoms with Crippen LogP contribution in [0.4, 0.5) is 17.6 Å². The summed E-state index contributed by atoms with van der Waals surface area (Å²) in [5.41, 5.74) is -2.70. The Morgan fingerprint density at radius 2 is 1.63 bits per heavy atom. The van der Waals surface area contributed by atoms with Crippen molar-refractivity contribution >= 4 is 40.6 Å². The Morgan fingerprint density at radius 1 is 1.07 bits per heavy atom. The molecule has 0 spiro atoms. The van der Waals surface area contributed by atoms with Crippen LogP contribution in [0.3, 0.4) is 0 Å². The number of ether oxygens (including phenoxy) is 2. The Labute approximate surface area is 163 Å². The number of carboxylic acids is 1. The number of halogens is 5. The van der Waals surface area contributed by atoms with E-state index in [9.17, 15) is 27.2 Å². The van der Waals surface area contributed by atoms with Crippen molar-refractivity contribution < 1.29 is 41.7 Å². The molecule has 0 radical (unpaired) electrons. The molecule has 0 aliphatic rings. The fourth-order valence-electron chi connectivity index (χ4n) is 2.12. The van der Waals surface area contributed by atoms with Gasteiger partial charge in [-0.3, -0.25) is 0 Å². The predicted molar refractivity (Wildman–Crippen MR) is 94.0 cm³/mol. The molecule has 27 heavy (non-hydrogen) atoms. The molecule has 2 aromatic rings. The van der Waals surface area contributed by atoms with Gasteiger partial charge in [0.05, 0.1) is 10.7 Å². The summed E-state index contributed by atoms with van der Waals surface area (Å²) in [6, 6.07) is 2.90. The monoisotopic (exact) mass is 496 g/mol. The van der Waals surface area contributed by atoms with Crippen LogP contribution in [0.15, 0.2) is 18.7 Å². The van der Waals surface area contributed by atoms with Gasteiger partial charge in [0.15, 0.2) is 34.8 Å². The zero-order valence-corrected chi connectivity index (χ0v) is 15.6. The van der Waals surface area contributed by atoms with Gasteiger partial charge in [0, 0.05) is 0 Å². The number of rotatable bonds is 5. The third-order valence-corrected chi connectivity index (χ3v) is 4.17. The van der Waals surface area contributed by atoms with Gasteiger partial charge in [0.25, 0.3) is 0 Å². The minimum Gasteiger partial charge on any atom is -0.493 e. The first kappa shape index (κ1) is 20.7. The zero-order chi connectivity index (χ0) is 20.5. The number of carboxylic acid groups (broad SMARTS) is 1. The Morgan fingerprint density at radius 3 is 2.11 bits per heavy atom. The second-order valence-electron chi connectivity index (χ2n) is 4.94.